The Morgan fingerprint density at radius 1 is 1.62 bits per heavy atom. The number of nitrogens with one attached hydrogen (secondary N) is 1. The zero-order valence-electron chi connectivity index (χ0n) is 7.21. The summed E-state index contributed by atoms with van der Waals surface area (Å²) in [6.45, 7) is 5.43. The minimum Gasteiger partial charge on any atom is -0.342 e. The second kappa shape index (κ2) is 4.04. The van der Waals surface area contributed by atoms with Gasteiger partial charge in [-0.1, -0.05) is 12.2 Å². The molecule has 0 aromatic rings. The van der Waals surface area contributed by atoms with Crippen LogP contribution in [0.3, 0.4) is 0 Å². The summed E-state index contributed by atoms with van der Waals surface area (Å²) in [6, 6.07) is -0.247. The van der Waals surface area contributed by atoms with Crippen molar-refractivity contribution in [1.29, 1.82) is 0 Å². The lowest BCUT2D eigenvalue weighted by atomic mass is 9.99. The van der Waals surface area contributed by atoms with Crippen molar-refractivity contribution in [3.8, 4) is 0 Å². The Hall–Kier alpha value is -0.650. The SMILES string of the molecule is C=CC1NC(=O)C(=O)C1/C(I)=C\C. The van der Waals surface area contributed by atoms with E-state index in [4.69, 9.17) is 0 Å². The Morgan fingerprint density at radius 3 is 2.69 bits per heavy atom. The Labute approximate surface area is 90.4 Å². The van der Waals surface area contributed by atoms with Crippen LogP contribution in [0.25, 0.3) is 0 Å². The highest BCUT2D eigenvalue weighted by Crippen LogP contribution is 2.27. The van der Waals surface area contributed by atoms with Crippen molar-refractivity contribution < 1.29 is 9.59 Å². The number of allylic oxidation sites excluding steroid dienone is 1. The maximum absolute atomic E-state index is 11.4. The molecular formula is C9H10INO2. The minimum atomic E-state index is -0.508. The van der Waals surface area contributed by atoms with E-state index < -0.39 is 5.91 Å². The first kappa shape index (κ1) is 10.4. The average molecular weight is 291 g/mol. The fourth-order valence-electron chi connectivity index (χ4n) is 1.28. The van der Waals surface area contributed by atoms with Crippen molar-refractivity contribution in [2.45, 2.75) is 13.0 Å². The van der Waals surface area contributed by atoms with Gasteiger partial charge in [0, 0.05) is 0 Å². The lowest BCUT2D eigenvalue weighted by molar-refractivity contribution is -0.135. The van der Waals surface area contributed by atoms with Crippen LogP contribution >= 0.6 is 22.6 Å². The highest BCUT2D eigenvalue weighted by molar-refractivity contribution is 14.1. The van der Waals surface area contributed by atoms with Gasteiger partial charge in [0.1, 0.15) is 0 Å². The molecule has 1 aliphatic heterocycles. The van der Waals surface area contributed by atoms with E-state index in [0.29, 0.717) is 0 Å². The molecule has 0 spiro atoms. The first-order chi connectivity index (χ1) is 6.11. The molecule has 0 bridgehead atoms. The fraction of sp³-hybridized carbons (Fsp3) is 0.333. The van der Waals surface area contributed by atoms with Crippen LogP contribution in [0.1, 0.15) is 6.92 Å². The highest BCUT2D eigenvalue weighted by Gasteiger charge is 2.40. The molecule has 3 nitrogen and oxygen atoms in total. The van der Waals surface area contributed by atoms with Gasteiger partial charge in [0.25, 0.3) is 5.91 Å². The Kier molecular flexibility index (Phi) is 3.24. The van der Waals surface area contributed by atoms with Crippen LogP contribution in [-0.2, 0) is 9.59 Å². The van der Waals surface area contributed by atoms with Crippen molar-refractivity contribution in [3.63, 3.8) is 0 Å². The number of rotatable bonds is 2. The number of carbonyl (C=O) groups is 2. The van der Waals surface area contributed by atoms with Gasteiger partial charge in [-0.05, 0) is 33.1 Å². The topological polar surface area (TPSA) is 46.2 Å². The van der Waals surface area contributed by atoms with Crippen molar-refractivity contribution in [2.75, 3.05) is 0 Å². The maximum Gasteiger partial charge on any atom is 0.288 e. The minimum absolute atomic E-state index is 0.247. The summed E-state index contributed by atoms with van der Waals surface area (Å²) in [5.41, 5.74) is 0. The normalized spacial score (nSPS) is 28.9. The van der Waals surface area contributed by atoms with Crippen molar-refractivity contribution >= 4 is 34.3 Å². The van der Waals surface area contributed by atoms with Crippen molar-refractivity contribution in [1.82, 2.24) is 5.32 Å². The molecule has 0 aliphatic carbocycles. The fourth-order valence-corrected chi connectivity index (χ4v) is 1.95. The molecule has 13 heavy (non-hydrogen) atoms. The molecule has 1 rings (SSSR count). The summed E-state index contributed by atoms with van der Waals surface area (Å²) >= 11 is 2.07. The second-order valence-electron chi connectivity index (χ2n) is 2.75. The number of Topliss-reactive ketones (excluding diaryl/α,β-unsaturated/α-hetero) is 1. The molecule has 4 heteroatoms. The van der Waals surface area contributed by atoms with Crippen LogP contribution in [-0.4, -0.2) is 17.7 Å². The van der Waals surface area contributed by atoms with Gasteiger partial charge < -0.3 is 5.32 Å². The Balaban J connectivity index is 2.99. The largest absolute Gasteiger partial charge is 0.342 e. The highest BCUT2D eigenvalue weighted by atomic mass is 127. The summed E-state index contributed by atoms with van der Waals surface area (Å²) in [5.74, 6) is -1.24. The summed E-state index contributed by atoms with van der Waals surface area (Å²) in [7, 11) is 0. The molecule has 2 unspecified atom stereocenters. The lowest BCUT2D eigenvalue weighted by Crippen LogP contribution is -2.26. The summed E-state index contributed by atoms with van der Waals surface area (Å²) in [5, 5.41) is 2.57. The molecule has 1 aliphatic rings. The van der Waals surface area contributed by atoms with Gasteiger partial charge in [0.2, 0.25) is 5.78 Å². The molecule has 1 N–H and O–H groups in total. The first-order valence-corrected chi connectivity index (χ1v) is 4.98. The van der Waals surface area contributed by atoms with Crippen LogP contribution in [0, 0.1) is 5.92 Å². The van der Waals surface area contributed by atoms with Crippen molar-refractivity contribution in [2.24, 2.45) is 5.92 Å². The molecular weight excluding hydrogens is 281 g/mol. The molecule has 1 heterocycles. The second-order valence-corrected chi connectivity index (χ2v) is 4.00. The van der Waals surface area contributed by atoms with Gasteiger partial charge >= 0.3 is 0 Å². The molecule has 0 saturated carbocycles. The molecule has 1 fully saturated rings. The first-order valence-electron chi connectivity index (χ1n) is 3.90. The molecule has 2 atom stereocenters. The van der Waals surface area contributed by atoms with Gasteiger partial charge in [0.05, 0.1) is 12.0 Å². The van der Waals surface area contributed by atoms with E-state index in [1.54, 1.807) is 6.08 Å². The van der Waals surface area contributed by atoms with E-state index in [0.717, 1.165) is 3.58 Å². The third-order valence-electron chi connectivity index (χ3n) is 1.99. The number of hydrogen-bond donors (Lipinski definition) is 1. The third kappa shape index (κ3) is 1.82. The summed E-state index contributed by atoms with van der Waals surface area (Å²) in [4.78, 5) is 22.4. The molecule has 0 radical (unpaired) electrons. The number of ketones is 1. The smallest absolute Gasteiger partial charge is 0.288 e. The van der Waals surface area contributed by atoms with Gasteiger partial charge in [0.15, 0.2) is 0 Å². The predicted octanol–water partition coefficient (Wildman–Crippen LogP) is 1.19. The van der Waals surface area contributed by atoms with Gasteiger partial charge in [-0.3, -0.25) is 9.59 Å². The zero-order valence-corrected chi connectivity index (χ0v) is 9.37. The monoisotopic (exact) mass is 291 g/mol. The van der Waals surface area contributed by atoms with Crippen molar-refractivity contribution in [3.05, 3.63) is 22.3 Å². The Morgan fingerprint density at radius 2 is 2.23 bits per heavy atom. The third-order valence-corrected chi connectivity index (χ3v) is 3.28. The van der Waals surface area contributed by atoms with Crippen LogP contribution in [0.15, 0.2) is 22.3 Å². The molecule has 1 amide bonds. The molecule has 0 aromatic heterocycles. The van der Waals surface area contributed by atoms with E-state index in [-0.39, 0.29) is 17.7 Å². The Bertz CT molecular complexity index is 296. The van der Waals surface area contributed by atoms with Gasteiger partial charge in [-0.15, -0.1) is 6.58 Å². The van der Waals surface area contributed by atoms with E-state index in [9.17, 15) is 9.59 Å². The number of carbonyl (C=O) groups excluding carboxylic acids is 2. The maximum atomic E-state index is 11.4. The lowest BCUT2D eigenvalue weighted by Gasteiger charge is -2.11. The van der Waals surface area contributed by atoms with E-state index in [1.807, 2.05) is 13.0 Å². The van der Waals surface area contributed by atoms with Crippen LogP contribution in [0.4, 0.5) is 0 Å². The van der Waals surface area contributed by atoms with Crippen LogP contribution < -0.4 is 5.32 Å². The van der Waals surface area contributed by atoms with Gasteiger partial charge in [-0.2, -0.15) is 0 Å². The molecule has 70 valence electrons. The standard InChI is InChI=1S/C9H10INO2/c1-3-5(10)7-6(4-2)11-9(13)8(7)12/h3-4,6-7H,2H2,1H3,(H,11,13)/b5-3+. The number of amides is 1. The zero-order chi connectivity index (χ0) is 10.0. The van der Waals surface area contributed by atoms with E-state index in [2.05, 4.69) is 34.5 Å². The summed E-state index contributed by atoms with van der Waals surface area (Å²) < 4.78 is 0.880. The number of hydrogen-bond acceptors (Lipinski definition) is 2. The van der Waals surface area contributed by atoms with E-state index >= 15 is 0 Å². The predicted molar refractivity (Wildman–Crippen MR) is 58.4 cm³/mol. The summed E-state index contributed by atoms with van der Waals surface area (Å²) in [6.07, 6.45) is 3.43. The number of halogens is 1. The quantitative estimate of drug-likeness (QED) is 0.472. The average Bonchev–Trinajstić information content (AvgIpc) is 2.42. The van der Waals surface area contributed by atoms with Gasteiger partial charge in [-0.25, -0.2) is 0 Å². The van der Waals surface area contributed by atoms with E-state index in [1.165, 1.54) is 0 Å². The molecule has 0 aromatic carbocycles. The van der Waals surface area contributed by atoms with Crippen LogP contribution in [0.2, 0.25) is 0 Å². The van der Waals surface area contributed by atoms with Crippen LogP contribution in [0.5, 0.6) is 0 Å². The molecule has 1 saturated heterocycles.